The lowest BCUT2D eigenvalue weighted by Crippen LogP contribution is -2.27. The zero-order valence-electron chi connectivity index (χ0n) is 15.6. The summed E-state index contributed by atoms with van der Waals surface area (Å²) in [5, 5.41) is 5.06. The Labute approximate surface area is 164 Å². The highest BCUT2D eigenvalue weighted by atomic mass is 35.5. The zero-order valence-corrected chi connectivity index (χ0v) is 16.4. The van der Waals surface area contributed by atoms with Gasteiger partial charge in [-0.15, -0.1) is 0 Å². The Hall–Kier alpha value is -2.79. The molecule has 3 aromatic rings. The lowest BCUT2D eigenvalue weighted by Gasteiger charge is -2.18. The number of hydrogen-bond acceptors (Lipinski definition) is 3. The maximum atomic E-state index is 13.0. The van der Waals surface area contributed by atoms with Crippen LogP contribution in [0.25, 0.3) is 5.69 Å². The van der Waals surface area contributed by atoms with E-state index in [1.807, 2.05) is 55.5 Å². The monoisotopic (exact) mass is 383 g/mol. The van der Waals surface area contributed by atoms with Crippen LogP contribution < -0.4 is 4.74 Å². The van der Waals surface area contributed by atoms with Crippen LogP contribution in [-0.4, -0.2) is 34.7 Å². The smallest absolute Gasteiger partial charge is 0.257 e. The summed E-state index contributed by atoms with van der Waals surface area (Å²) in [6, 6.07) is 15.1. The topological polar surface area (TPSA) is 47.4 Å². The van der Waals surface area contributed by atoms with Gasteiger partial charge in [0.2, 0.25) is 0 Å². The zero-order chi connectivity index (χ0) is 19.4. The van der Waals surface area contributed by atoms with Gasteiger partial charge in [-0.05, 0) is 42.3 Å². The molecule has 0 atom stereocenters. The van der Waals surface area contributed by atoms with Gasteiger partial charge in [-0.3, -0.25) is 4.79 Å². The van der Waals surface area contributed by atoms with Crippen LogP contribution >= 0.6 is 11.6 Å². The van der Waals surface area contributed by atoms with Gasteiger partial charge >= 0.3 is 0 Å². The second-order valence-corrected chi connectivity index (χ2v) is 6.70. The molecule has 0 radical (unpaired) electrons. The number of benzene rings is 2. The Balaban J connectivity index is 1.86. The predicted octanol–water partition coefficient (Wildman–Crippen LogP) is 4.37. The minimum absolute atomic E-state index is 0.0667. The molecular weight excluding hydrogens is 362 g/mol. The second-order valence-electron chi connectivity index (χ2n) is 6.26. The van der Waals surface area contributed by atoms with E-state index in [-0.39, 0.29) is 5.91 Å². The maximum absolute atomic E-state index is 13.0. The lowest BCUT2D eigenvalue weighted by atomic mass is 10.1. The van der Waals surface area contributed by atoms with Gasteiger partial charge in [0, 0.05) is 18.6 Å². The minimum Gasteiger partial charge on any atom is -0.497 e. The van der Waals surface area contributed by atoms with Crippen LogP contribution in [0.4, 0.5) is 0 Å². The van der Waals surface area contributed by atoms with E-state index >= 15 is 0 Å². The van der Waals surface area contributed by atoms with E-state index in [4.69, 9.17) is 16.3 Å². The summed E-state index contributed by atoms with van der Waals surface area (Å²) in [6.07, 6.45) is 2.31. The molecule has 0 unspecified atom stereocenters. The number of hydrogen-bond donors (Lipinski definition) is 0. The van der Waals surface area contributed by atoms with Crippen LogP contribution in [0.2, 0.25) is 5.02 Å². The Morgan fingerprint density at radius 1 is 1.22 bits per heavy atom. The highest BCUT2D eigenvalue weighted by Gasteiger charge is 2.20. The number of carbonyl (C=O) groups excluding carboxylic acids is 1. The summed E-state index contributed by atoms with van der Waals surface area (Å²) in [5.41, 5.74) is 3.31. The first-order chi connectivity index (χ1) is 13.0. The van der Waals surface area contributed by atoms with Crippen LogP contribution in [0, 0.1) is 0 Å². The van der Waals surface area contributed by atoms with Crippen LogP contribution in [0.5, 0.6) is 5.75 Å². The van der Waals surface area contributed by atoms with Gasteiger partial charge in [-0.2, -0.15) is 5.10 Å². The van der Waals surface area contributed by atoms with Crippen molar-refractivity contribution in [3.8, 4) is 11.4 Å². The molecule has 0 spiro atoms. The fourth-order valence-electron chi connectivity index (χ4n) is 3.05. The van der Waals surface area contributed by atoms with Crippen molar-refractivity contribution in [3.05, 3.63) is 76.6 Å². The molecule has 1 heterocycles. The minimum atomic E-state index is -0.0667. The van der Waals surface area contributed by atoms with Crippen molar-refractivity contribution in [1.29, 1.82) is 0 Å². The maximum Gasteiger partial charge on any atom is 0.257 e. The van der Waals surface area contributed by atoms with E-state index in [0.717, 1.165) is 22.7 Å². The van der Waals surface area contributed by atoms with Crippen molar-refractivity contribution >= 4 is 17.5 Å². The van der Waals surface area contributed by atoms with Crippen molar-refractivity contribution in [1.82, 2.24) is 14.7 Å². The Kier molecular flexibility index (Phi) is 5.81. The van der Waals surface area contributed by atoms with Crippen molar-refractivity contribution in [2.75, 3.05) is 14.2 Å². The normalized spacial score (nSPS) is 10.7. The average Bonchev–Trinajstić information content (AvgIpc) is 3.11. The second kappa shape index (κ2) is 8.27. The van der Waals surface area contributed by atoms with Gasteiger partial charge in [-0.25, -0.2) is 4.68 Å². The summed E-state index contributed by atoms with van der Waals surface area (Å²) < 4.78 is 7.03. The molecule has 1 aromatic heterocycles. The first-order valence-corrected chi connectivity index (χ1v) is 9.12. The molecule has 27 heavy (non-hydrogen) atoms. The number of nitrogens with zero attached hydrogens (tertiary/aromatic N) is 3. The Morgan fingerprint density at radius 3 is 2.70 bits per heavy atom. The summed E-state index contributed by atoms with van der Waals surface area (Å²) >= 11 is 6.10. The van der Waals surface area contributed by atoms with Gasteiger partial charge in [0.25, 0.3) is 5.91 Å². The third kappa shape index (κ3) is 4.14. The number of methoxy groups -OCH3 is 1. The molecule has 0 saturated carbocycles. The molecule has 0 saturated heterocycles. The van der Waals surface area contributed by atoms with E-state index in [1.165, 1.54) is 0 Å². The molecule has 0 aliphatic heterocycles. The highest BCUT2D eigenvalue weighted by Crippen LogP contribution is 2.21. The molecule has 0 N–H and O–H groups in total. The van der Waals surface area contributed by atoms with E-state index in [1.54, 1.807) is 29.9 Å². The van der Waals surface area contributed by atoms with Crippen LogP contribution in [-0.2, 0) is 13.0 Å². The van der Waals surface area contributed by atoms with E-state index < -0.39 is 0 Å². The Bertz CT molecular complexity index is 952. The van der Waals surface area contributed by atoms with Gasteiger partial charge in [0.05, 0.1) is 30.3 Å². The molecule has 0 aliphatic carbocycles. The highest BCUT2D eigenvalue weighted by molar-refractivity contribution is 6.30. The van der Waals surface area contributed by atoms with Gasteiger partial charge in [0.1, 0.15) is 5.75 Å². The summed E-state index contributed by atoms with van der Waals surface area (Å²) in [4.78, 5) is 14.7. The van der Waals surface area contributed by atoms with E-state index in [9.17, 15) is 4.79 Å². The van der Waals surface area contributed by atoms with Crippen molar-refractivity contribution in [2.45, 2.75) is 19.9 Å². The molecule has 5 nitrogen and oxygen atoms in total. The van der Waals surface area contributed by atoms with E-state index in [2.05, 4.69) is 5.10 Å². The average molecular weight is 384 g/mol. The predicted molar refractivity (Wildman–Crippen MR) is 107 cm³/mol. The third-order valence-electron chi connectivity index (χ3n) is 4.39. The molecule has 3 rings (SSSR count). The fraction of sp³-hybridized carbons (Fsp3) is 0.238. The van der Waals surface area contributed by atoms with Crippen molar-refractivity contribution in [3.63, 3.8) is 0 Å². The molecule has 1 amide bonds. The number of amides is 1. The number of ether oxygens (including phenoxy) is 1. The number of rotatable bonds is 6. The molecule has 0 fully saturated rings. The van der Waals surface area contributed by atoms with E-state index in [0.29, 0.717) is 23.6 Å². The lowest BCUT2D eigenvalue weighted by molar-refractivity contribution is 0.0784. The van der Waals surface area contributed by atoms with Crippen LogP contribution in [0.1, 0.15) is 28.5 Å². The molecule has 2 aromatic carbocycles. The molecule has 0 aliphatic rings. The van der Waals surface area contributed by atoms with Gasteiger partial charge < -0.3 is 9.64 Å². The summed E-state index contributed by atoms with van der Waals surface area (Å²) in [5.74, 6) is 0.708. The molecule has 140 valence electrons. The summed E-state index contributed by atoms with van der Waals surface area (Å²) in [6.45, 7) is 2.50. The number of aromatic nitrogens is 2. The standard InChI is InChI=1S/C21H22ClN3O2/c1-4-20-19(13-23-25(20)17-9-6-8-16(22)12-17)21(26)24(2)14-15-7-5-10-18(11-15)27-3/h5-13H,4,14H2,1-3H3. The SMILES string of the molecule is CCc1c(C(=O)N(C)Cc2cccc(OC)c2)cnn1-c1cccc(Cl)c1. The third-order valence-corrected chi connectivity index (χ3v) is 4.62. The molecular formula is C21H22ClN3O2. The summed E-state index contributed by atoms with van der Waals surface area (Å²) in [7, 11) is 3.42. The van der Waals surface area contributed by atoms with Gasteiger partial charge in [-0.1, -0.05) is 36.7 Å². The molecule has 0 bridgehead atoms. The first kappa shape index (κ1) is 19.0. The van der Waals surface area contributed by atoms with Gasteiger partial charge in [0.15, 0.2) is 0 Å². The number of halogens is 1. The van der Waals surface area contributed by atoms with Crippen molar-refractivity contribution in [2.24, 2.45) is 0 Å². The van der Waals surface area contributed by atoms with Crippen molar-refractivity contribution < 1.29 is 9.53 Å². The quantitative estimate of drug-likeness (QED) is 0.635. The largest absolute Gasteiger partial charge is 0.497 e. The number of carbonyl (C=O) groups is 1. The van der Waals surface area contributed by atoms with Crippen LogP contribution in [0.3, 0.4) is 0 Å². The molecule has 6 heteroatoms. The first-order valence-electron chi connectivity index (χ1n) is 8.74. The van der Waals surface area contributed by atoms with Crippen LogP contribution in [0.15, 0.2) is 54.7 Å². The fourth-order valence-corrected chi connectivity index (χ4v) is 3.23. The Morgan fingerprint density at radius 2 is 2.00 bits per heavy atom.